The molecule has 1 N–H and O–H groups in total. The number of anilines is 1. The summed E-state index contributed by atoms with van der Waals surface area (Å²) < 4.78 is 42.4. The van der Waals surface area contributed by atoms with E-state index in [1.165, 1.54) is 37.8 Å². The fourth-order valence-electron chi connectivity index (χ4n) is 9.51. The molecule has 1 unspecified atom stereocenters. The van der Waals surface area contributed by atoms with Crippen molar-refractivity contribution in [3.05, 3.63) is 95.1 Å². The van der Waals surface area contributed by atoms with Crippen molar-refractivity contribution in [2.24, 2.45) is 11.8 Å². The first-order valence-corrected chi connectivity index (χ1v) is 20.3. The first kappa shape index (κ1) is 37.0. The number of piperidine rings is 2. The van der Waals surface area contributed by atoms with Crippen LogP contribution in [0.1, 0.15) is 98.7 Å². The Balaban J connectivity index is 1.23. The predicted molar refractivity (Wildman–Crippen MR) is 210 cm³/mol. The summed E-state index contributed by atoms with van der Waals surface area (Å²) in [4.78, 5) is 27.7. The number of hydrogen-bond acceptors (Lipinski definition) is 5. The number of halogens is 3. The Labute approximate surface area is 318 Å². The maximum atomic E-state index is 15.1. The van der Waals surface area contributed by atoms with Crippen molar-refractivity contribution >= 4 is 22.5 Å². The van der Waals surface area contributed by atoms with Crippen LogP contribution in [-0.2, 0) is 18.3 Å². The molecule has 4 fully saturated rings. The minimum atomic E-state index is -4.50. The standard InChI is InChI=1S/C45H54F3N5O/c1-31(2)26-32-16-25-53(29-32)37-14-15-40-38(28-37)41(43(54)50-44(19-20-44)34-11-5-3-6-12-34)39(42(49-40)33-10-9-13-35(27-33)45(46,47)48)30-51-23-17-36(18-24-51)52-21-7-4-8-22-52/h3,5-6,9-15,27-28,31-32,36H,4,7-8,16-26,29-30H2,1-2H3,(H,50,54). The van der Waals surface area contributed by atoms with Crippen LogP contribution >= 0.6 is 0 Å². The number of nitrogens with zero attached hydrogens (tertiary/aromatic N) is 4. The highest BCUT2D eigenvalue weighted by molar-refractivity contribution is 6.10. The van der Waals surface area contributed by atoms with Gasteiger partial charge in [0.25, 0.3) is 5.91 Å². The van der Waals surface area contributed by atoms with Gasteiger partial charge in [-0.15, -0.1) is 0 Å². The lowest BCUT2D eigenvalue weighted by atomic mass is 9.92. The maximum Gasteiger partial charge on any atom is 0.416 e. The molecule has 286 valence electrons. The zero-order valence-corrected chi connectivity index (χ0v) is 31.8. The van der Waals surface area contributed by atoms with E-state index in [9.17, 15) is 13.2 Å². The van der Waals surface area contributed by atoms with Crippen LogP contribution in [0, 0.1) is 11.8 Å². The topological polar surface area (TPSA) is 51.7 Å². The van der Waals surface area contributed by atoms with E-state index in [4.69, 9.17) is 4.98 Å². The third-order valence-corrected chi connectivity index (χ3v) is 12.5. The lowest BCUT2D eigenvalue weighted by Crippen LogP contribution is -2.46. The number of nitrogens with one attached hydrogen (secondary N) is 1. The Bertz CT molecular complexity index is 1940. The highest BCUT2D eigenvalue weighted by atomic mass is 19.4. The molecule has 54 heavy (non-hydrogen) atoms. The van der Waals surface area contributed by atoms with Crippen molar-refractivity contribution in [1.29, 1.82) is 0 Å². The summed E-state index contributed by atoms with van der Waals surface area (Å²) in [6.45, 7) is 10.9. The summed E-state index contributed by atoms with van der Waals surface area (Å²) in [5.74, 6) is 1.06. The minimum absolute atomic E-state index is 0.188. The molecular formula is C45H54F3N5O. The van der Waals surface area contributed by atoms with Crippen LogP contribution in [0.2, 0.25) is 0 Å². The molecule has 0 radical (unpaired) electrons. The van der Waals surface area contributed by atoms with Crippen molar-refractivity contribution in [3.8, 4) is 11.3 Å². The summed E-state index contributed by atoms with van der Waals surface area (Å²) in [6, 6.07) is 22.3. The number of aromatic nitrogens is 1. The summed E-state index contributed by atoms with van der Waals surface area (Å²) in [7, 11) is 0. The number of amides is 1. The molecule has 3 saturated heterocycles. The minimum Gasteiger partial charge on any atom is -0.371 e. The maximum absolute atomic E-state index is 15.1. The molecule has 0 bridgehead atoms. The van der Waals surface area contributed by atoms with Gasteiger partial charge in [-0.3, -0.25) is 9.69 Å². The van der Waals surface area contributed by atoms with E-state index >= 15 is 4.79 Å². The highest BCUT2D eigenvalue weighted by Gasteiger charge is 2.46. The monoisotopic (exact) mass is 737 g/mol. The van der Waals surface area contributed by atoms with Gasteiger partial charge >= 0.3 is 6.18 Å². The van der Waals surface area contributed by atoms with Gasteiger partial charge in [-0.05, 0) is 125 Å². The average Bonchev–Trinajstić information content (AvgIpc) is 3.82. The van der Waals surface area contributed by atoms with Crippen LogP contribution in [-0.4, -0.2) is 66.0 Å². The lowest BCUT2D eigenvalue weighted by molar-refractivity contribution is -0.137. The van der Waals surface area contributed by atoms with Gasteiger partial charge in [0.1, 0.15) is 0 Å². The molecular weight excluding hydrogens is 684 g/mol. The third-order valence-electron chi connectivity index (χ3n) is 12.5. The Morgan fingerprint density at radius 1 is 0.889 bits per heavy atom. The van der Waals surface area contributed by atoms with Gasteiger partial charge in [0.2, 0.25) is 0 Å². The van der Waals surface area contributed by atoms with Crippen molar-refractivity contribution in [2.45, 2.75) is 95.9 Å². The van der Waals surface area contributed by atoms with Crippen LogP contribution in [0.5, 0.6) is 0 Å². The van der Waals surface area contributed by atoms with Gasteiger partial charge in [0, 0.05) is 47.9 Å². The molecule has 0 spiro atoms. The quantitative estimate of drug-likeness (QED) is 0.176. The van der Waals surface area contributed by atoms with Crippen molar-refractivity contribution in [2.75, 3.05) is 44.2 Å². The Kier molecular flexibility index (Phi) is 10.5. The van der Waals surface area contributed by atoms with Gasteiger partial charge in [0.15, 0.2) is 0 Å². The molecule has 4 aliphatic rings. The van der Waals surface area contributed by atoms with Crippen LogP contribution < -0.4 is 10.2 Å². The van der Waals surface area contributed by atoms with Crippen LogP contribution in [0.15, 0.2) is 72.8 Å². The van der Waals surface area contributed by atoms with Crippen LogP contribution in [0.4, 0.5) is 18.9 Å². The van der Waals surface area contributed by atoms with Crippen molar-refractivity contribution in [3.63, 3.8) is 0 Å². The molecule has 1 aromatic heterocycles. The van der Waals surface area contributed by atoms with E-state index in [-0.39, 0.29) is 5.91 Å². The van der Waals surface area contributed by atoms with Crippen LogP contribution in [0.3, 0.4) is 0 Å². The van der Waals surface area contributed by atoms with E-state index in [1.54, 1.807) is 6.07 Å². The zero-order chi connectivity index (χ0) is 37.5. The molecule has 4 aromatic rings. The largest absolute Gasteiger partial charge is 0.416 e. The van der Waals surface area contributed by atoms with E-state index in [0.717, 1.165) is 94.1 Å². The van der Waals surface area contributed by atoms with Crippen molar-refractivity contribution < 1.29 is 18.0 Å². The molecule has 9 heteroatoms. The van der Waals surface area contributed by atoms with Gasteiger partial charge in [-0.1, -0.05) is 62.7 Å². The van der Waals surface area contributed by atoms with E-state index < -0.39 is 17.3 Å². The Hall–Kier alpha value is -3.95. The predicted octanol–water partition coefficient (Wildman–Crippen LogP) is 9.66. The van der Waals surface area contributed by atoms with Crippen molar-refractivity contribution in [1.82, 2.24) is 20.1 Å². The number of fused-ring (bicyclic) bond motifs is 1. The van der Waals surface area contributed by atoms with Gasteiger partial charge in [-0.2, -0.15) is 13.2 Å². The molecule has 6 nitrogen and oxygen atoms in total. The number of carbonyl (C=O) groups is 1. The Morgan fingerprint density at radius 3 is 2.35 bits per heavy atom. The van der Waals surface area contributed by atoms with E-state index in [0.29, 0.717) is 52.3 Å². The number of carbonyl (C=O) groups excluding carboxylic acids is 1. The molecule has 3 aromatic carbocycles. The number of hydrogen-bond donors (Lipinski definition) is 1. The molecule has 1 amide bonds. The van der Waals surface area contributed by atoms with E-state index in [2.05, 4.69) is 58.1 Å². The highest BCUT2D eigenvalue weighted by Crippen LogP contribution is 2.46. The molecule has 1 atom stereocenters. The third kappa shape index (κ3) is 7.90. The fraction of sp³-hybridized carbons (Fsp3) is 0.511. The first-order valence-electron chi connectivity index (χ1n) is 20.3. The summed E-state index contributed by atoms with van der Waals surface area (Å²) in [5, 5.41) is 4.23. The number of rotatable bonds is 10. The smallest absolute Gasteiger partial charge is 0.371 e. The molecule has 8 rings (SSSR count). The molecule has 1 aliphatic carbocycles. The normalized spacial score (nSPS) is 21.2. The molecule has 1 saturated carbocycles. The van der Waals surface area contributed by atoms with E-state index in [1.807, 2.05) is 24.3 Å². The number of alkyl halides is 3. The second-order valence-corrected chi connectivity index (χ2v) is 16.8. The summed E-state index contributed by atoms with van der Waals surface area (Å²) in [5.41, 5.74) is 3.64. The SMILES string of the molecule is CC(C)CC1CCN(c2ccc3nc(-c4cccc(C(F)(F)F)c4)c(CN4CCC(N5CCCCC5)CC4)c(C(=O)NC4(c5ccccc5)CC4)c3c2)C1. The van der Waals surface area contributed by atoms with Crippen LogP contribution in [0.25, 0.3) is 22.2 Å². The summed E-state index contributed by atoms with van der Waals surface area (Å²) >= 11 is 0. The number of pyridine rings is 1. The second kappa shape index (κ2) is 15.3. The zero-order valence-electron chi connectivity index (χ0n) is 31.8. The Morgan fingerprint density at radius 2 is 1.65 bits per heavy atom. The fourth-order valence-corrected chi connectivity index (χ4v) is 9.51. The number of benzene rings is 3. The first-order chi connectivity index (χ1) is 26.1. The lowest BCUT2D eigenvalue weighted by Gasteiger charge is -2.40. The van der Waals surface area contributed by atoms with Gasteiger partial charge in [0.05, 0.1) is 27.9 Å². The number of likely N-dealkylation sites (tertiary alicyclic amines) is 2. The second-order valence-electron chi connectivity index (χ2n) is 16.8. The van der Waals surface area contributed by atoms with Gasteiger partial charge in [-0.25, -0.2) is 4.98 Å². The van der Waals surface area contributed by atoms with Gasteiger partial charge < -0.3 is 15.1 Å². The average molecular weight is 738 g/mol. The molecule has 4 heterocycles. The summed E-state index contributed by atoms with van der Waals surface area (Å²) in [6.07, 6.45) is 5.36. The molecule has 3 aliphatic heterocycles.